The molecule has 1 aliphatic rings. The van der Waals surface area contributed by atoms with E-state index in [4.69, 9.17) is 11.6 Å². The molecular weight excluding hydrogens is 498 g/mol. The first-order chi connectivity index (χ1) is 16.8. The molecular formula is C27H30ClN3O2S2. The minimum atomic E-state index is -0.188. The molecule has 4 rings (SSSR count). The van der Waals surface area contributed by atoms with Gasteiger partial charge in [0.05, 0.1) is 17.3 Å². The van der Waals surface area contributed by atoms with Crippen LogP contribution in [-0.2, 0) is 0 Å². The molecule has 2 aromatic heterocycles. The van der Waals surface area contributed by atoms with Gasteiger partial charge < -0.3 is 5.11 Å². The molecule has 3 heterocycles. The van der Waals surface area contributed by atoms with Gasteiger partial charge in [-0.1, -0.05) is 30.7 Å². The lowest BCUT2D eigenvalue weighted by atomic mass is 10.2. The second kappa shape index (κ2) is 11.7. The van der Waals surface area contributed by atoms with E-state index < -0.39 is 0 Å². The zero-order valence-electron chi connectivity index (χ0n) is 20.1. The van der Waals surface area contributed by atoms with Gasteiger partial charge >= 0.3 is 0 Å². The minimum absolute atomic E-state index is 0.0668. The van der Waals surface area contributed by atoms with Gasteiger partial charge in [0, 0.05) is 39.7 Å². The number of β-amino-alcohol motifs (C(OH)–C–C–N with tert-alkyl or cyclic N) is 1. The highest BCUT2D eigenvalue weighted by Crippen LogP contribution is 2.29. The molecule has 0 saturated carbocycles. The number of aryl methyl sites for hydroxylation is 1. The number of thioether (sulfide) groups is 1. The van der Waals surface area contributed by atoms with Crippen molar-refractivity contribution in [1.29, 1.82) is 0 Å². The zero-order valence-corrected chi connectivity index (χ0v) is 22.5. The number of allylic oxidation sites excluding steroid dienone is 5. The largest absolute Gasteiger partial charge is 0.392 e. The first-order valence-corrected chi connectivity index (χ1v) is 13.8. The molecule has 184 valence electrons. The van der Waals surface area contributed by atoms with Gasteiger partial charge in [-0.3, -0.25) is 14.3 Å². The third kappa shape index (κ3) is 6.54. The highest BCUT2D eigenvalue weighted by molar-refractivity contribution is 8.00. The first kappa shape index (κ1) is 25.9. The molecule has 0 aliphatic carbocycles. The van der Waals surface area contributed by atoms with Crippen LogP contribution in [-0.4, -0.2) is 50.5 Å². The van der Waals surface area contributed by atoms with E-state index in [1.54, 1.807) is 10.9 Å². The van der Waals surface area contributed by atoms with Crippen molar-refractivity contribution in [3.63, 3.8) is 0 Å². The number of halogens is 1. The summed E-state index contributed by atoms with van der Waals surface area (Å²) in [7, 11) is 0. The third-order valence-corrected chi connectivity index (χ3v) is 8.42. The molecule has 0 amide bonds. The highest BCUT2D eigenvalue weighted by Gasteiger charge is 2.22. The van der Waals surface area contributed by atoms with Crippen LogP contribution in [0.1, 0.15) is 30.7 Å². The van der Waals surface area contributed by atoms with Crippen molar-refractivity contribution in [3.8, 4) is 5.69 Å². The van der Waals surface area contributed by atoms with E-state index in [2.05, 4.69) is 29.8 Å². The lowest BCUT2D eigenvalue weighted by Gasteiger charge is -2.21. The molecule has 0 radical (unpaired) electrons. The third-order valence-electron chi connectivity index (χ3n) is 5.83. The van der Waals surface area contributed by atoms with Crippen molar-refractivity contribution in [3.05, 3.63) is 80.7 Å². The second-order valence-corrected chi connectivity index (χ2v) is 11.8. The Balaban J connectivity index is 1.51. The highest BCUT2D eigenvalue weighted by atomic mass is 35.5. The van der Waals surface area contributed by atoms with Crippen LogP contribution in [0.3, 0.4) is 0 Å². The molecule has 2 atom stereocenters. The average molecular weight is 528 g/mol. The number of rotatable bonds is 8. The fourth-order valence-corrected chi connectivity index (χ4v) is 6.42. The molecule has 8 heteroatoms. The Kier molecular flexibility index (Phi) is 8.68. The number of aliphatic hydroxyl groups excluding tert-OH is 1. The average Bonchev–Trinajstić information content (AvgIpc) is 3.41. The van der Waals surface area contributed by atoms with Crippen molar-refractivity contribution in [2.75, 3.05) is 19.6 Å². The Morgan fingerprint density at radius 2 is 2.23 bits per heavy atom. The molecule has 5 nitrogen and oxygen atoms in total. The first-order valence-electron chi connectivity index (χ1n) is 11.7. The number of fused-ring (bicyclic) bond motifs is 1. The second-order valence-electron chi connectivity index (χ2n) is 8.77. The van der Waals surface area contributed by atoms with Crippen molar-refractivity contribution in [2.45, 2.75) is 43.4 Å². The van der Waals surface area contributed by atoms with E-state index in [1.165, 1.54) is 16.2 Å². The summed E-state index contributed by atoms with van der Waals surface area (Å²) >= 11 is 9.35. The van der Waals surface area contributed by atoms with Crippen molar-refractivity contribution < 1.29 is 5.11 Å². The van der Waals surface area contributed by atoms with E-state index in [0.717, 1.165) is 42.2 Å². The van der Waals surface area contributed by atoms with Gasteiger partial charge in [-0.15, -0.1) is 23.1 Å². The summed E-state index contributed by atoms with van der Waals surface area (Å²) in [5.74, 6) is 0. The van der Waals surface area contributed by atoms with Crippen LogP contribution in [0.25, 0.3) is 22.0 Å². The van der Waals surface area contributed by atoms with Crippen LogP contribution in [0.4, 0.5) is 0 Å². The maximum atomic E-state index is 13.2. The maximum absolute atomic E-state index is 13.2. The Bertz CT molecular complexity index is 1340. The molecule has 35 heavy (non-hydrogen) atoms. The van der Waals surface area contributed by atoms with Crippen molar-refractivity contribution in [2.24, 2.45) is 0 Å². The molecule has 1 aromatic carbocycles. The molecule has 0 spiro atoms. The zero-order chi connectivity index (χ0) is 24.9. The van der Waals surface area contributed by atoms with Crippen molar-refractivity contribution in [1.82, 2.24) is 14.5 Å². The Morgan fingerprint density at radius 3 is 2.94 bits per heavy atom. The van der Waals surface area contributed by atoms with Crippen LogP contribution in [0, 0.1) is 6.92 Å². The molecule has 1 unspecified atom stereocenters. The fraction of sp³-hybridized carbons (Fsp3) is 0.333. The number of benzene rings is 1. The van der Waals surface area contributed by atoms with Gasteiger partial charge in [-0.25, -0.2) is 4.98 Å². The van der Waals surface area contributed by atoms with E-state index in [1.807, 2.05) is 67.3 Å². The normalized spacial score (nSPS) is 18.4. The molecule has 1 N–H and O–H groups in total. The maximum Gasteiger partial charge on any atom is 0.275 e. The summed E-state index contributed by atoms with van der Waals surface area (Å²) in [6.45, 7) is 8.90. The number of hydrogen-bond donors (Lipinski definition) is 1. The number of aliphatic hydroxyl groups is 1. The Hall–Kier alpha value is -2.16. The summed E-state index contributed by atoms with van der Waals surface area (Å²) in [6, 6.07) is 8.04. The Morgan fingerprint density at radius 1 is 1.40 bits per heavy atom. The molecule has 1 fully saturated rings. The number of likely N-dealkylation sites (tertiary alicyclic amines) is 1. The minimum Gasteiger partial charge on any atom is -0.392 e. The molecule has 3 aromatic rings. The summed E-state index contributed by atoms with van der Waals surface area (Å²) < 4.78 is 2.25. The summed E-state index contributed by atoms with van der Waals surface area (Å²) in [6.07, 6.45) is 11.6. The van der Waals surface area contributed by atoms with Crippen LogP contribution >= 0.6 is 34.7 Å². The lowest BCUT2D eigenvalue weighted by Crippen LogP contribution is -2.28. The summed E-state index contributed by atoms with van der Waals surface area (Å²) in [5.41, 5.74) is 2.58. The van der Waals surface area contributed by atoms with Gasteiger partial charge in [0.25, 0.3) is 5.56 Å². The van der Waals surface area contributed by atoms with Gasteiger partial charge in [-0.05, 0) is 68.3 Å². The molecule has 1 saturated heterocycles. The smallest absolute Gasteiger partial charge is 0.275 e. The number of nitrogens with zero attached hydrogens (tertiary/aromatic N) is 3. The topological polar surface area (TPSA) is 58.4 Å². The van der Waals surface area contributed by atoms with Gasteiger partial charge in [0.15, 0.2) is 0 Å². The number of hydrogen-bond acceptors (Lipinski definition) is 6. The predicted molar refractivity (Wildman–Crippen MR) is 150 cm³/mol. The monoisotopic (exact) mass is 527 g/mol. The Labute approximate surface area is 219 Å². The lowest BCUT2D eigenvalue weighted by molar-refractivity contribution is 0.177. The number of aromatic nitrogens is 2. The summed E-state index contributed by atoms with van der Waals surface area (Å²) in [4.78, 5) is 22.2. The van der Waals surface area contributed by atoms with E-state index >= 15 is 0 Å². The van der Waals surface area contributed by atoms with Crippen LogP contribution in [0.5, 0.6) is 0 Å². The quantitative estimate of drug-likeness (QED) is 0.287. The van der Waals surface area contributed by atoms with Gasteiger partial charge in [0.1, 0.15) is 11.0 Å². The standard InChI is InChI=1S/C27H30ClN3O2S2/c1-4-6-20(28)7-5-8-23-14-24-26(35-23)27(33)31(17-29-24)21-9-10-25(18(2)13-21)34-19(3)15-30-12-11-22(32)16-30/h4-10,13-14,17,19,22,32H,11-12,15-16H2,1-3H3/b6-4-,8-5+,20-7+/t19?,22-/m1/s1. The van der Waals surface area contributed by atoms with Crippen LogP contribution in [0.2, 0.25) is 0 Å². The molecule has 0 bridgehead atoms. The molecule has 1 aliphatic heterocycles. The summed E-state index contributed by atoms with van der Waals surface area (Å²) in [5, 5.41) is 10.8. The van der Waals surface area contributed by atoms with E-state index in [9.17, 15) is 9.90 Å². The van der Waals surface area contributed by atoms with Crippen LogP contribution < -0.4 is 5.56 Å². The fourth-order valence-electron chi connectivity index (χ4n) is 4.16. The van der Waals surface area contributed by atoms with Gasteiger partial charge in [0.2, 0.25) is 0 Å². The van der Waals surface area contributed by atoms with Gasteiger partial charge in [-0.2, -0.15) is 0 Å². The predicted octanol–water partition coefficient (Wildman–Crippen LogP) is 6.01. The number of thiophene rings is 1. The van der Waals surface area contributed by atoms with E-state index in [-0.39, 0.29) is 11.7 Å². The van der Waals surface area contributed by atoms with E-state index in [0.29, 0.717) is 20.5 Å². The SMILES string of the molecule is C\C=C/C(Cl)=C\C=C\c1cc2ncn(-c3ccc(SC(C)CN4CC[C@@H](O)C4)c(C)c3)c(=O)c2s1. The van der Waals surface area contributed by atoms with Crippen molar-refractivity contribution >= 4 is 51.0 Å². The van der Waals surface area contributed by atoms with Crippen LogP contribution in [0.15, 0.2) is 69.6 Å².